The molecule has 1 N–H and O–H groups in total. The molecular formula is C15H20N2O3. The van der Waals surface area contributed by atoms with E-state index < -0.39 is 0 Å². The van der Waals surface area contributed by atoms with Gasteiger partial charge in [-0.05, 0) is 18.9 Å². The van der Waals surface area contributed by atoms with Crippen LogP contribution in [0.4, 0.5) is 4.79 Å². The maximum atomic E-state index is 12.2. The molecule has 1 aromatic carbocycles. The van der Waals surface area contributed by atoms with Crippen LogP contribution in [0.1, 0.15) is 24.8 Å². The van der Waals surface area contributed by atoms with E-state index in [1.54, 1.807) is 4.90 Å². The summed E-state index contributed by atoms with van der Waals surface area (Å²) in [5.74, 6) is -0.198. The Labute approximate surface area is 118 Å². The first-order valence-electron chi connectivity index (χ1n) is 6.80. The minimum Gasteiger partial charge on any atom is -0.453 e. The van der Waals surface area contributed by atoms with Gasteiger partial charge in [-0.3, -0.25) is 4.79 Å². The number of rotatable bonds is 3. The van der Waals surface area contributed by atoms with Crippen molar-refractivity contribution < 1.29 is 14.3 Å². The molecule has 0 saturated carbocycles. The van der Waals surface area contributed by atoms with E-state index in [1.165, 1.54) is 7.11 Å². The van der Waals surface area contributed by atoms with Crippen molar-refractivity contribution in [2.45, 2.75) is 25.3 Å². The Hall–Kier alpha value is -2.04. The first-order valence-corrected chi connectivity index (χ1v) is 6.80. The zero-order valence-electron chi connectivity index (χ0n) is 11.8. The Kier molecular flexibility index (Phi) is 4.61. The third-order valence-electron chi connectivity index (χ3n) is 3.66. The molecule has 20 heavy (non-hydrogen) atoms. The van der Waals surface area contributed by atoms with E-state index in [4.69, 9.17) is 0 Å². The largest absolute Gasteiger partial charge is 0.453 e. The van der Waals surface area contributed by atoms with Crippen LogP contribution in [0.25, 0.3) is 0 Å². The molecule has 2 amide bonds. The summed E-state index contributed by atoms with van der Waals surface area (Å²) in [7, 11) is 1.37. The second kappa shape index (κ2) is 6.41. The number of nitrogens with zero attached hydrogens (tertiary/aromatic N) is 1. The number of hydrogen-bond donors (Lipinski definition) is 1. The lowest BCUT2D eigenvalue weighted by molar-refractivity contribution is -0.122. The number of benzene rings is 1. The van der Waals surface area contributed by atoms with Crippen molar-refractivity contribution in [3.05, 3.63) is 35.9 Å². The lowest BCUT2D eigenvalue weighted by Gasteiger charge is -2.18. The average Bonchev–Trinajstić information content (AvgIpc) is 2.95. The summed E-state index contributed by atoms with van der Waals surface area (Å²) in [4.78, 5) is 25.2. The van der Waals surface area contributed by atoms with Crippen LogP contribution in [0, 0.1) is 0 Å². The molecule has 0 unspecified atom stereocenters. The van der Waals surface area contributed by atoms with Crippen molar-refractivity contribution >= 4 is 12.0 Å². The van der Waals surface area contributed by atoms with Gasteiger partial charge in [0.15, 0.2) is 0 Å². The zero-order chi connectivity index (χ0) is 14.5. The molecule has 1 heterocycles. The monoisotopic (exact) mass is 276 g/mol. The molecule has 1 aromatic rings. The van der Waals surface area contributed by atoms with Crippen LogP contribution in [0.2, 0.25) is 0 Å². The number of carbonyl (C=O) groups excluding carboxylic acids is 2. The molecule has 1 aliphatic rings. The van der Waals surface area contributed by atoms with E-state index in [0.29, 0.717) is 13.1 Å². The lowest BCUT2D eigenvalue weighted by Crippen LogP contribution is -2.40. The highest BCUT2D eigenvalue weighted by atomic mass is 16.5. The van der Waals surface area contributed by atoms with E-state index in [9.17, 15) is 9.59 Å². The fourth-order valence-electron chi connectivity index (χ4n) is 2.39. The topological polar surface area (TPSA) is 58.6 Å². The molecule has 0 aromatic heterocycles. The van der Waals surface area contributed by atoms with Crippen LogP contribution in [-0.4, -0.2) is 43.1 Å². The van der Waals surface area contributed by atoms with Gasteiger partial charge in [0.25, 0.3) is 0 Å². The maximum Gasteiger partial charge on any atom is 0.409 e. The number of methoxy groups -OCH3 is 1. The number of hydrogen-bond acceptors (Lipinski definition) is 3. The fraction of sp³-hybridized carbons (Fsp3) is 0.467. The number of likely N-dealkylation sites (tertiary alicyclic amines) is 1. The Morgan fingerprint density at radius 3 is 2.70 bits per heavy atom. The van der Waals surface area contributed by atoms with Crippen LogP contribution in [0.3, 0.4) is 0 Å². The number of ether oxygens (including phenoxy) is 1. The van der Waals surface area contributed by atoms with Crippen LogP contribution in [0.5, 0.6) is 0 Å². The van der Waals surface area contributed by atoms with Crippen LogP contribution in [-0.2, 0) is 9.53 Å². The highest BCUT2D eigenvalue weighted by Gasteiger charge is 2.29. The van der Waals surface area contributed by atoms with Crippen LogP contribution < -0.4 is 5.32 Å². The maximum absolute atomic E-state index is 12.2. The van der Waals surface area contributed by atoms with Gasteiger partial charge < -0.3 is 15.0 Å². The number of carbonyl (C=O) groups is 2. The minimum atomic E-state index is -0.335. The third-order valence-corrected chi connectivity index (χ3v) is 3.66. The number of amides is 2. The normalized spacial score (nSPS) is 19.5. The predicted molar refractivity (Wildman–Crippen MR) is 75.4 cm³/mol. The molecule has 0 bridgehead atoms. The summed E-state index contributed by atoms with van der Waals surface area (Å²) in [5, 5.41) is 3.00. The van der Waals surface area contributed by atoms with Gasteiger partial charge in [-0.2, -0.15) is 0 Å². The van der Waals surface area contributed by atoms with E-state index in [1.807, 2.05) is 37.3 Å². The second-order valence-electron chi connectivity index (χ2n) is 5.04. The third kappa shape index (κ3) is 3.29. The summed E-state index contributed by atoms with van der Waals surface area (Å²) in [5.41, 5.74) is 0.993. The van der Waals surface area contributed by atoms with Crippen molar-refractivity contribution in [3.63, 3.8) is 0 Å². The van der Waals surface area contributed by atoms with Gasteiger partial charge in [0, 0.05) is 19.1 Å². The zero-order valence-corrected chi connectivity index (χ0v) is 11.8. The Morgan fingerprint density at radius 1 is 1.35 bits per heavy atom. The quantitative estimate of drug-likeness (QED) is 0.915. The van der Waals surface area contributed by atoms with Gasteiger partial charge in [-0.1, -0.05) is 30.3 Å². The van der Waals surface area contributed by atoms with Crippen LogP contribution >= 0.6 is 0 Å². The molecule has 0 radical (unpaired) electrons. The molecule has 1 aliphatic heterocycles. The summed E-state index contributed by atoms with van der Waals surface area (Å²) < 4.78 is 4.68. The van der Waals surface area contributed by atoms with Crippen LogP contribution in [0.15, 0.2) is 30.3 Å². The first kappa shape index (κ1) is 14.4. The summed E-state index contributed by atoms with van der Waals surface area (Å²) in [6.07, 6.45) is 0.431. The Balaban J connectivity index is 1.88. The van der Waals surface area contributed by atoms with Gasteiger partial charge in [-0.15, -0.1) is 0 Å². The van der Waals surface area contributed by atoms with Gasteiger partial charge in [0.1, 0.15) is 0 Å². The molecule has 5 nitrogen and oxygen atoms in total. The highest BCUT2D eigenvalue weighted by Crippen LogP contribution is 2.16. The summed E-state index contributed by atoms with van der Waals surface area (Å²) in [6.45, 7) is 3.02. The SMILES string of the molecule is COC(=O)N1CC[C@@H](NC(=O)[C@H](C)c2ccccc2)C1. The lowest BCUT2D eigenvalue weighted by atomic mass is 10.00. The van der Waals surface area contributed by atoms with E-state index in [-0.39, 0.29) is 24.0 Å². The Morgan fingerprint density at radius 2 is 2.05 bits per heavy atom. The highest BCUT2D eigenvalue weighted by molar-refractivity contribution is 5.83. The smallest absolute Gasteiger partial charge is 0.409 e. The van der Waals surface area contributed by atoms with Gasteiger partial charge >= 0.3 is 6.09 Å². The second-order valence-corrected chi connectivity index (χ2v) is 5.04. The van der Waals surface area contributed by atoms with E-state index in [2.05, 4.69) is 10.1 Å². The average molecular weight is 276 g/mol. The minimum absolute atomic E-state index is 0.00656. The molecular weight excluding hydrogens is 256 g/mol. The fourth-order valence-corrected chi connectivity index (χ4v) is 2.39. The molecule has 5 heteroatoms. The summed E-state index contributed by atoms with van der Waals surface area (Å²) >= 11 is 0. The van der Waals surface area contributed by atoms with Gasteiger partial charge in [0.2, 0.25) is 5.91 Å². The van der Waals surface area contributed by atoms with Gasteiger partial charge in [-0.25, -0.2) is 4.79 Å². The van der Waals surface area contributed by atoms with Gasteiger partial charge in [0.05, 0.1) is 13.0 Å². The van der Waals surface area contributed by atoms with E-state index >= 15 is 0 Å². The van der Waals surface area contributed by atoms with E-state index in [0.717, 1.165) is 12.0 Å². The van der Waals surface area contributed by atoms with Crippen molar-refractivity contribution in [2.24, 2.45) is 0 Å². The molecule has 108 valence electrons. The Bertz CT molecular complexity index is 475. The molecule has 2 atom stereocenters. The molecule has 1 fully saturated rings. The number of nitrogens with one attached hydrogen (secondary N) is 1. The summed E-state index contributed by atoms with van der Waals surface area (Å²) in [6, 6.07) is 9.67. The molecule has 0 spiro atoms. The molecule has 1 saturated heterocycles. The van der Waals surface area contributed by atoms with Crippen molar-refractivity contribution in [1.82, 2.24) is 10.2 Å². The molecule has 2 rings (SSSR count). The van der Waals surface area contributed by atoms with Crippen molar-refractivity contribution in [1.29, 1.82) is 0 Å². The first-order chi connectivity index (χ1) is 9.61. The standard InChI is InChI=1S/C15H20N2O3/c1-11(12-6-4-3-5-7-12)14(18)16-13-8-9-17(10-13)15(19)20-2/h3-7,11,13H,8-10H2,1-2H3,(H,16,18)/t11-,13-/m1/s1. The predicted octanol–water partition coefficient (Wildman–Crippen LogP) is 1.75. The molecule has 0 aliphatic carbocycles. The van der Waals surface area contributed by atoms with Crippen molar-refractivity contribution in [2.75, 3.05) is 20.2 Å². The van der Waals surface area contributed by atoms with Crippen molar-refractivity contribution in [3.8, 4) is 0 Å².